The molecule has 0 aliphatic rings. The van der Waals surface area contributed by atoms with Gasteiger partial charge in [0.25, 0.3) is 0 Å². The topological polar surface area (TPSA) is 85.9 Å². The van der Waals surface area contributed by atoms with Crippen LogP contribution in [0.25, 0.3) is 0 Å². The highest BCUT2D eigenvalue weighted by Crippen LogP contribution is 2.06. The average Bonchev–Trinajstić information content (AvgIpc) is 2.12. The first-order valence-corrected chi connectivity index (χ1v) is 5.52. The van der Waals surface area contributed by atoms with Crippen LogP contribution in [-0.2, 0) is 14.3 Å². The molecule has 0 saturated heterocycles. The van der Waals surface area contributed by atoms with Gasteiger partial charge in [0.2, 0.25) is 0 Å². The lowest BCUT2D eigenvalue weighted by atomic mass is 10.2. The van der Waals surface area contributed by atoms with E-state index < -0.39 is 11.6 Å². The zero-order chi connectivity index (χ0) is 13.5. The molecule has 1 unspecified atom stereocenters. The second-order valence-corrected chi connectivity index (χ2v) is 4.79. The molecule has 0 fully saturated rings. The average molecular weight is 245 g/mol. The Morgan fingerprint density at radius 2 is 2.06 bits per heavy atom. The van der Waals surface area contributed by atoms with Crippen LogP contribution in [0, 0.1) is 0 Å². The Morgan fingerprint density at radius 1 is 1.47 bits per heavy atom. The first-order chi connectivity index (χ1) is 7.74. The van der Waals surface area contributed by atoms with Gasteiger partial charge in [-0.05, 0) is 27.7 Å². The Labute approximate surface area is 103 Å². The van der Waals surface area contributed by atoms with E-state index in [-0.39, 0.29) is 18.5 Å². The molecule has 0 aromatic carbocycles. The minimum absolute atomic E-state index is 0.0439. The lowest BCUT2D eigenvalue weighted by Crippen LogP contribution is -2.41. The van der Waals surface area contributed by atoms with Crippen molar-refractivity contribution < 1.29 is 14.3 Å². The normalized spacial score (nSPS) is 14.3. The minimum Gasteiger partial charge on any atom is -0.459 e. The van der Waals surface area contributed by atoms with E-state index >= 15 is 0 Å². The summed E-state index contributed by atoms with van der Waals surface area (Å²) in [5.74, 6) is -0.193. The van der Waals surface area contributed by atoms with Gasteiger partial charge < -0.3 is 20.5 Å². The summed E-state index contributed by atoms with van der Waals surface area (Å²) in [5, 5.41) is 2.89. The fourth-order valence-corrected chi connectivity index (χ4v) is 1.11. The highest BCUT2D eigenvalue weighted by atomic mass is 16.6. The van der Waals surface area contributed by atoms with Crippen molar-refractivity contribution in [2.45, 2.75) is 39.3 Å². The Kier molecular flexibility index (Phi) is 6.57. The van der Waals surface area contributed by atoms with Gasteiger partial charge in [-0.1, -0.05) is 0 Å². The number of nitrogens with zero attached hydrogens (tertiary/aromatic N) is 1. The second kappa shape index (κ2) is 7.11. The van der Waals surface area contributed by atoms with Gasteiger partial charge in [-0.15, -0.1) is 0 Å². The van der Waals surface area contributed by atoms with Crippen molar-refractivity contribution in [3.05, 3.63) is 0 Å². The van der Waals surface area contributed by atoms with Crippen LogP contribution in [0.2, 0.25) is 0 Å². The van der Waals surface area contributed by atoms with E-state index in [4.69, 9.17) is 15.2 Å². The van der Waals surface area contributed by atoms with Crippen molar-refractivity contribution in [2.75, 3.05) is 20.3 Å². The van der Waals surface area contributed by atoms with Crippen molar-refractivity contribution >= 4 is 11.9 Å². The van der Waals surface area contributed by atoms with Crippen LogP contribution >= 0.6 is 0 Å². The number of esters is 1. The highest BCUT2D eigenvalue weighted by molar-refractivity contribution is 5.81. The molecule has 1 atom stereocenters. The van der Waals surface area contributed by atoms with E-state index in [1.165, 1.54) is 0 Å². The summed E-state index contributed by atoms with van der Waals surface area (Å²) in [5.41, 5.74) is 5.09. The quantitative estimate of drug-likeness (QED) is 0.412. The predicted octanol–water partition coefficient (Wildman–Crippen LogP) is 0.267. The minimum atomic E-state index is -0.502. The monoisotopic (exact) mass is 245 g/mol. The maximum absolute atomic E-state index is 11.3. The largest absolute Gasteiger partial charge is 0.459 e. The molecular formula is C11H23N3O3. The van der Waals surface area contributed by atoms with Crippen molar-refractivity contribution in [2.24, 2.45) is 10.7 Å². The SMILES string of the molecule is COCC(C)NC(N)=NCC(=O)OC(C)(C)C. The molecule has 0 spiro atoms. The number of nitrogens with one attached hydrogen (secondary N) is 1. The van der Waals surface area contributed by atoms with Gasteiger partial charge in [0.15, 0.2) is 5.96 Å². The number of methoxy groups -OCH3 is 1. The number of hydrogen-bond donors (Lipinski definition) is 2. The Morgan fingerprint density at radius 3 is 2.53 bits per heavy atom. The molecule has 0 bridgehead atoms. The third-order valence-corrected chi connectivity index (χ3v) is 1.61. The molecule has 0 radical (unpaired) electrons. The maximum atomic E-state index is 11.3. The molecule has 100 valence electrons. The van der Waals surface area contributed by atoms with E-state index in [9.17, 15) is 4.79 Å². The van der Waals surface area contributed by atoms with Crippen LogP contribution in [0.4, 0.5) is 0 Å². The van der Waals surface area contributed by atoms with Crippen LogP contribution in [0.1, 0.15) is 27.7 Å². The maximum Gasteiger partial charge on any atom is 0.328 e. The molecule has 0 saturated carbocycles. The van der Waals surface area contributed by atoms with Gasteiger partial charge in [0.1, 0.15) is 12.1 Å². The van der Waals surface area contributed by atoms with Crippen LogP contribution in [0.3, 0.4) is 0 Å². The lowest BCUT2D eigenvalue weighted by Gasteiger charge is -2.19. The zero-order valence-electron chi connectivity index (χ0n) is 11.2. The summed E-state index contributed by atoms with van der Waals surface area (Å²) >= 11 is 0. The molecule has 6 heteroatoms. The summed E-state index contributed by atoms with van der Waals surface area (Å²) < 4.78 is 10.0. The number of guanidine groups is 1. The Balaban J connectivity index is 4.02. The number of rotatable bonds is 5. The van der Waals surface area contributed by atoms with E-state index in [1.54, 1.807) is 27.9 Å². The van der Waals surface area contributed by atoms with Gasteiger partial charge in [0.05, 0.1) is 6.61 Å². The summed E-state index contributed by atoms with van der Waals surface area (Å²) in [6.45, 7) is 7.74. The van der Waals surface area contributed by atoms with E-state index in [1.807, 2.05) is 6.92 Å². The smallest absolute Gasteiger partial charge is 0.328 e. The van der Waals surface area contributed by atoms with Crippen molar-refractivity contribution in [3.63, 3.8) is 0 Å². The Hall–Kier alpha value is -1.30. The molecule has 0 aromatic rings. The molecule has 3 N–H and O–H groups in total. The van der Waals surface area contributed by atoms with E-state index in [2.05, 4.69) is 10.3 Å². The van der Waals surface area contributed by atoms with Crippen LogP contribution < -0.4 is 11.1 Å². The van der Waals surface area contributed by atoms with Gasteiger partial charge in [-0.2, -0.15) is 0 Å². The van der Waals surface area contributed by atoms with E-state index in [0.29, 0.717) is 6.61 Å². The van der Waals surface area contributed by atoms with E-state index in [0.717, 1.165) is 0 Å². The molecule has 0 aliphatic carbocycles. The van der Waals surface area contributed by atoms with Crippen molar-refractivity contribution in [1.29, 1.82) is 0 Å². The number of hydrogen-bond acceptors (Lipinski definition) is 4. The van der Waals surface area contributed by atoms with Gasteiger partial charge in [-0.3, -0.25) is 4.79 Å². The second-order valence-electron chi connectivity index (χ2n) is 4.79. The lowest BCUT2D eigenvalue weighted by molar-refractivity contribution is -0.152. The summed E-state index contributed by atoms with van der Waals surface area (Å²) in [4.78, 5) is 15.2. The third kappa shape index (κ3) is 9.62. The molecule has 17 heavy (non-hydrogen) atoms. The van der Waals surface area contributed by atoms with Gasteiger partial charge in [0, 0.05) is 13.2 Å². The Bertz CT molecular complexity index is 272. The highest BCUT2D eigenvalue weighted by Gasteiger charge is 2.15. The number of nitrogens with two attached hydrogens (primary N) is 1. The molecule has 0 heterocycles. The molecule has 6 nitrogen and oxygen atoms in total. The molecule has 0 rings (SSSR count). The van der Waals surface area contributed by atoms with Crippen LogP contribution in [0.15, 0.2) is 4.99 Å². The summed E-state index contributed by atoms with van der Waals surface area (Å²) in [6, 6.07) is 0.0439. The van der Waals surface area contributed by atoms with Gasteiger partial charge >= 0.3 is 5.97 Å². The third-order valence-electron chi connectivity index (χ3n) is 1.61. The van der Waals surface area contributed by atoms with Crippen molar-refractivity contribution in [3.8, 4) is 0 Å². The first-order valence-electron chi connectivity index (χ1n) is 5.52. The molecule has 0 aromatic heterocycles. The fraction of sp³-hybridized carbons (Fsp3) is 0.818. The standard InChI is InChI=1S/C11H23N3O3/c1-8(7-16-5)14-10(12)13-6-9(15)17-11(2,3)4/h8H,6-7H2,1-5H3,(H3,12,13,14). The number of aliphatic imine (C=N–C) groups is 1. The van der Waals surface area contributed by atoms with Crippen LogP contribution in [-0.4, -0.2) is 43.8 Å². The van der Waals surface area contributed by atoms with Gasteiger partial charge in [-0.25, -0.2) is 4.99 Å². The van der Waals surface area contributed by atoms with Crippen LogP contribution in [0.5, 0.6) is 0 Å². The first kappa shape index (κ1) is 15.7. The fourth-order valence-electron chi connectivity index (χ4n) is 1.11. The number of carbonyl (C=O) groups is 1. The molecule has 0 amide bonds. The summed E-state index contributed by atoms with van der Waals surface area (Å²) in [7, 11) is 1.60. The molecule has 0 aliphatic heterocycles. The number of carbonyl (C=O) groups excluding carboxylic acids is 1. The number of ether oxygens (including phenoxy) is 2. The molecular weight excluding hydrogens is 222 g/mol. The predicted molar refractivity (Wildman–Crippen MR) is 66.8 cm³/mol. The summed E-state index contributed by atoms with van der Waals surface area (Å²) in [6.07, 6.45) is 0. The van der Waals surface area contributed by atoms with Crippen molar-refractivity contribution in [1.82, 2.24) is 5.32 Å². The zero-order valence-corrected chi connectivity index (χ0v) is 11.2.